The van der Waals surface area contributed by atoms with Crippen LogP contribution in [-0.2, 0) is 13.0 Å². The summed E-state index contributed by atoms with van der Waals surface area (Å²) in [6, 6.07) is 7.71. The Hall–Kier alpha value is -1.52. The number of nitrogens with two attached hydrogens (primary N) is 1. The average molecular weight is 280 g/mol. The molecule has 1 heterocycles. The van der Waals surface area contributed by atoms with Gasteiger partial charge >= 0.3 is 0 Å². The van der Waals surface area contributed by atoms with Crippen molar-refractivity contribution in [1.82, 2.24) is 9.78 Å². The van der Waals surface area contributed by atoms with Crippen molar-refractivity contribution < 1.29 is 4.74 Å². The second-order valence-electron chi connectivity index (χ2n) is 4.36. The Morgan fingerprint density at radius 2 is 2.26 bits per heavy atom. The van der Waals surface area contributed by atoms with Crippen LogP contribution in [0, 0.1) is 0 Å². The fourth-order valence-electron chi connectivity index (χ4n) is 2.14. The first-order valence-electron chi connectivity index (χ1n) is 6.25. The average Bonchev–Trinajstić information content (AvgIpc) is 2.80. The zero-order chi connectivity index (χ0) is 13.8. The predicted molar refractivity (Wildman–Crippen MR) is 76.5 cm³/mol. The molecule has 0 aliphatic rings. The summed E-state index contributed by atoms with van der Waals surface area (Å²) >= 11 is 6.16. The predicted octanol–water partition coefficient (Wildman–Crippen LogP) is 2.81. The molecule has 2 rings (SSSR count). The van der Waals surface area contributed by atoms with Gasteiger partial charge < -0.3 is 10.5 Å². The molecule has 5 heteroatoms. The number of halogens is 1. The highest BCUT2D eigenvalue weighted by Crippen LogP contribution is 2.25. The van der Waals surface area contributed by atoms with Gasteiger partial charge in [0.2, 0.25) is 0 Å². The lowest BCUT2D eigenvalue weighted by Gasteiger charge is -2.14. The second-order valence-corrected chi connectivity index (χ2v) is 4.76. The summed E-state index contributed by atoms with van der Waals surface area (Å²) in [5.41, 5.74) is 8.25. The summed E-state index contributed by atoms with van der Waals surface area (Å²) in [5.74, 6) is 0.833. The number of aryl methyl sites for hydroxylation is 1. The van der Waals surface area contributed by atoms with Gasteiger partial charge in [-0.05, 0) is 31.0 Å². The standard InChI is InChI=1S/C14H18ClN3O/c1-3-18-14(12(15)9-17-18)13(16)8-10-5-4-6-11(7-10)19-2/h4-7,9,13H,3,8,16H2,1-2H3. The maximum atomic E-state index is 6.25. The van der Waals surface area contributed by atoms with Gasteiger partial charge in [0.1, 0.15) is 5.75 Å². The molecule has 4 nitrogen and oxygen atoms in total. The van der Waals surface area contributed by atoms with Gasteiger partial charge in [-0.3, -0.25) is 4.68 Å². The van der Waals surface area contributed by atoms with Crippen LogP contribution in [0.2, 0.25) is 5.02 Å². The van der Waals surface area contributed by atoms with Gasteiger partial charge in [0.05, 0.1) is 30.1 Å². The lowest BCUT2D eigenvalue weighted by Crippen LogP contribution is -2.18. The molecule has 0 aliphatic heterocycles. The molecule has 1 aromatic carbocycles. The molecule has 2 aromatic rings. The van der Waals surface area contributed by atoms with Crippen LogP contribution in [0.15, 0.2) is 30.5 Å². The van der Waals surface area contributed by atoms with E-state index in [-0.39, 0.29) is 6.04 Å². The third kappa shape index (κ3) is 3.08. The fourth-order valence-corrected chi connectivity index (χ4v) is 2.42. The maximum absolute atomic E-state index is 6.25. The third-order valence-corrected chi connectivity index (χ3v) is 3.36. The number of hydrogen-bond acceptors (Lipinski definition) is 3. The molecule has 0 saturated heterocycles. The van der Waals surface area contributed by atoms with E-state index >= 15 is 0 Å². The lowest BCUT2D eigenvalue weighted by atomic mass is 10.0. The van der Waals surface area contributed by atoms with E-state index in [0.717, 1.165) is 23.6 Å². The number of ether oxygens (including phenoxy) is 1. The van der Waals surface area contributed by atoms with Crippen molar-refractivity contribution in [3.05, 3.63) is 46.7 Å². The first kappa shape index (κ1) is 13.9. The van der Waals surface area contributed by atoms with Crippen LogP contribution >= 0.6 is 11.6 Å². The third-order valence-electron chi connectivity index (χ3n) is 3.07. The minimum Gasteiger partial charge on any atom is -0.497 e. The Morgan fingerprint density at radius 1 is 1.47 bits per heavy atom. The highest BCUT2D eigenvalue weighted by Gasteiger charge is 2.16. The summed E-state index contributed by atoms with van der Waals surface area (Å²) in [6.07, 6.45) is 2.34. The van der Waals surface area contributed by atoms with Gasteiger partial charge in [0.15, 0.2) is 0 Å². The molecule has 102 valence electrons. The monoisotopic (exact) mass is 279 g/mol. The maximum Gasteiger partial charge on any atom is 0.119 e. The number of benzene rings is 1. The van der Waals surface area contributed by atoms with Gasteiger partial charge in [0, 0.05) is 6.54 Å². The molecule has 0 spiro atoms. The minimum atomic E-state index is -0.179. The van der Waals surface area contributed by atoms with Crippen molar-refractivity contribution in [2.75, 3.05) is 7.11 Å². The molecule has 1 atom stereocenters. The number of nitrogens with zero attached hydrogens (tertiary/aromatic N) is 2. The first-order valence-corrected chi connectivity index (χ1v) is 6.63. The van der Waals surface area contributed by atoms with Gasteiger partial charge in [-0.2, -0.15) is 5.10 Å². The van der Waals surface area contributed by atoms with E-state index in [1.165, 1.54) is 0 Å². The number of methoxy groups -OCH3 is 1. The molecule has 0 aliphatic carbocycles. The Bertz CT molecular complexity index is 553. The molecule has 1 aromatic heterocycles. The molecular formula is C14H18ClN3O. The fraction of sp³-hybridized carbons (Fsp3) is 0.357. The minimum absolute atomic E-state index is 0.179. The Kier molecular flexibility index (Phi) is 4.45. The highest BCUT2D eigenvalue weighted by molar-refractivity contribution is 6.31. The SMILES string of the molecule is CCn1ncc(Cl)c1C(N)Cc1cccc(OC)c1. The number of hydrogen-bond donors (Lipinski definition) is 1. The molecule has 0 saturated carbocycles. The summed E-state index contributed by atoms with van der Waals surface area (Å²) in [4.78, 5) is 0. The molecule has 2 N–H and O–H groups in total. The Morgan fingerprint density at radius 3 is 2.95 bits per heavy atom. The van der Waals surface area contributed by atoms with Crippen LogP contribution in [0.3, 0.4) is 0 Å². The topological polar surface area (TPSA) is 53.1 Å². The summed E-state index contributed by atoms with van der Waals surface area (Å²) in [5, 5.41) is 4.83. The van der Waals surface area contributed by atoms with Crippen molar-refractivity contribution in [3.63, 3.8) is 0 Å². The van der Waals surface area contributed by atoms with Crippen molar-refractivity contribution >= 4 is 11.6 Å². The van der Waals surface area contributed by atoms with E-state index < -0.39 is 0 Å². The Labute approximate surface area is 118 Å². The van der Waals surface area contributed by atoms with Gasteiger partial charge in [-0.25, -0.2) is 0 Å². The second kappa shape index (κ2) is 6.08. The van der Waals surface area contributed by atoms with E-state index in [1.54, 1.807) is 13.3 Å². The molecular weight excluding hydrogens is 262 g/mol. The van der Waals surface area contributed by atoms with Gasteiger partial charge in [-0.15, -0.1) is 0 Å². The van der Waals surface area contributed by atoms with E-state index in [0.29, 0.717) is 11.4 Å². The van der Waals surface area contributed by atoms with Crippen LogP contribution in [0.1, 0.15) is 24.2 Å². The summed E-state index contributed by atoms with van der Waals surface area (Å²) in [7, 11) is 1.65. The molecule has 0 bridgehead atoms. The van der Waals surface area contributed by atoms with Crippen LogP contribution < -0.4 is 10.5 Å². The van der Waals surface area contributed by atoms with Crippen molar-refractivity contribution in [2.45, 2.75) is 25.9 Å². The van der Waals surface area contributed by atoms with E-state index in [1.807, 2.05) is 35.9 Å². The normalized spacial score (nSPS) is 12.4. The van der Waals surface area contributed by atoms with E-state index in [2.05, 4.69) is 5.10 Å². The molecule has 19 heavy (non-hydrogen) atoms. The first-order chi connectivity index (χ1) is 9.15. The number of rotatable bonds is 5. The molecule has 1 unspecified atom stereocenters. The summed E-state index contributed by atoms with van der Waals surface area (Å²) in [6.45, 7) is 2.78. The smallest absolute Gasteiger partial charge is 0.119 e. The van der Waals surface area contributed by atoms with E-state index in [4.69, 9.17) is 22.1 Å². The largest absolute Gasteiger partial charge is 0.497 e. The van der Waals surface area contributed by atoms with Crippen LogP contribution in [-0.4, -0.2) is 16.9 Å². The summed E-state index contributed by atoms with van der Waals surface area (Å²) < 4.78 is 7.05. The Balaban J connectivity index is 2.20. The van der Waals surface area contributed by atoms with Crippen molar-refractivity contribution in [2.24, 2.45) is 5.73 Å². The molecule has 0 amide bonds. The van der Waals surface area contributed by atoms with Crippen LogP contribution in [0.4, 0.5) is 0 Å². The van der Waals surface area contributed by atoms with E-state index in [9.17, 15) is 0 Å². The van der Waals surface area contributed by atoms with Crippen molar-refractivity contribution in [1.29, 1.82) is 0 Å². The van der Waals surface area contributed by atoms with Crippen LogP contribution in [0.25, 0.3) is 0 Å². The molecule has 0 fully saturated rings. The zero-order valence-corrected chi connectivity index (χ0v) is 11.9. The van der Waals surface area contributed by atoms with Gasteiger partial charge in [0.25, 0.3) is 0 Å². The van der Waals surface area contributed by atoms with Gasteiger partial charge in [-0.1, -0.05) is 23.7 Å². The quantitative estimate of drug-likeness (QED) is 0.916. The van der Waals surface area contributed by atoms with Crippen LogP contribution in [0.5, 0.6) is 5.75 Å². The lowest BCUT2D eigenvalue weighted by molar-refractivity contribution is 0.414. The zero-order valence-electron chi connectivity index (χ0n) is 11.1. The van der Waals surface area contributed by atoms with Crippen molar-refractivity contribution in [3.8, 4) is 5.75 Å². The number of aromatic nitrogens is 2. The highest BCUT2D eigenvalue weighted by atomic mass is 35.5. The molecule has 0 radical (unpaired) electrons.